The number of fused-ring (bicyclic) bond motifs is 2. The molecule has 2 aliphatic rings. The Morgan fingerprint density at radius 3 is 2.47 bits per heavy atom. The van der Waals surface area contributed by atoms with Crippen molar-refractivity contribution in [2.75, 3.05) is 13.1 Å². The van der Waals surface area contributed by atoms with Crippen LogP contribution in [-0.2, 0) is 24.8 Å². The molecule has 6 rings (SSSR count). The third kappa shape index (κ3) is 5.16. The number of benzene rings is 2. The summed E-state index contributed by atoms with van der Waals surface area (Å²) in [6, 6.07) is 12.7. The van der Waals surface area contributed by atoms with E-state index < -0.39 is 34.9 Å². The summed E-state index contributed by atoms with van der Waals surface area (Å²) >= 11 is 0. The number of rotatable bonds is 6. The van der Waals surface area contributed by atoms with Gasteiger partial charge in [-0.25, -0.2) is 18.2 Å². The first-order valence-corrected chi connectivity index (χ1v) is 13.9. The maximum Gasteiger partial charge on any atom is 0.283 e. The number of allylic oxidation sites excluding steroid dienone is 1. The van der Waals surface area contributed by atoms with Crippen molar-refractivity contribution in [3.8, 4) is 11.3 Å². The van der Waals surface area contributed by atoms with Crippen LogP contribution < -0.4 is 5.56 Å². The van der Waals surface area contributed by atoms with Crippen molar-refractivity contribution in [3.63, 3.8) is 0 Å². The molecule has 0 saturated carbocycles. The Morgan fingerprint density at radius 2 is 1.77 bits per heavy atom. The number of hydrogen-bond acceptors (Lipinski definition) is 6. The molecule has 4 aromatic rings. The Morgan fingerprint density at radius 1 is 1.05 bits per heavy atom. The van der Waals surface area contributed by atoms with E-state index in [1.807, 2.05) is 12.1 Å². The van der Waals surface area contributed by atoms with Crippen molar-refractivity contribution in [2.24, 2.45) is 7.05 Å². The van der Waals surface area contributed by atoms with Crippen LogP contribution in [0.4, 0.5) is 13.2 Å². The summed E-state index contributed by atoms with van der Waals surface area (Å²) in [7, 11) is 1.70. The van der Waals surface area contributed by atoms with Gasteiger partial charge >= 0.3 is 0 Å². The molecule has 1 amide bonds. The number of aliphatic hydroxyl groups is 1. The molecule has 0 spiro atoms. The van der Waals surface area contributed by atoms with Crippen LogP contribution in [0.15, 0.2) is 65.5 Å². The average Bonchev–Trinajstić information content (AvgIpc) is 3.53. The Balaban J connectivity index is 1.20. The van der Waals surface area contributed by atoms with Gasteiger partial charge in [-0.05, 0) is 36.5 Å². The molecule has 2 aromatic carbocycles. The van der Waals surface area contributed by atoms with E-state index in [9.17, 15) is 28.3 Å². The molecular weight excluding hydrogens is 563 g/mol. The van der Waals surface area contributed by atoms with Crippen molar-refractivity contribution >= 4 is 28.3 Å². The van der Waals surface area contributed by atoms with E-state index in [0.717, 1.165) is 16.0 Å². The second-order valence-corrected chi connectivity index (χ2v) is 11.1. The lowest BCUT2D eigenvalue weighted by molar-refractivity contribution is -0.133. The maximum absolute atomic E-state index is 15.0. The first-order chi connectivity index (χ1) is 20.6. The molecule has 0 unspecified atom stereocenters. The second-order valence-electron chi connectivity index (χ2n) is 11.1. The highest BCUT2D eigenvalue weighted by Crippen LogP contribution is 2.32. The molecule has 12 heteroatoms. The topological polar surface area (TPSA) is 110 Å². The summed E-state index contributed by atoms with van der Waals surface area (Å²) in [6.07, 6.45) is -0.747. The van der Waals surface area contributed by atoms with Crippen molar-refractivity contribution in [1.29, 1.82) is 0 Å². The summed E-state index contributed by atoms with van der Waals surface area (Å²) in [6.45, 7) is -0.325. The van der Waals surface area contributed by atoms with E-state index in [4.69, 9.17) is 0 Å². The number of hydrogen-bond donors (Lipinski definition) is 1. The van der Waals surface area contributed by atoms with E-state index in [2.05, 4.69) is 10.1 Å². The fourth-order valence-corrected chi connectivity index (χ4v) is 5.96. The van der Waals surface area contributed by atoms with Crippen molar-refractivity contribution in [3.05, 3.63) is 87.7 Å². The number of carbonyl (C=O) groups excluding carboxylic acids is 2. The molecule has 1 N–H and O–H groups in total. The number of aryl methyl sites for hydroxylation is 2. The largest absolute Gasteiger partial charge is 0.388 e. The van der Waals surface area contributed by atoms with Gasteiger partial charge < -0.3 is 10.0 Å². The number of halogens is 3. The zero-order valence-corrected chi connectivity index (χ0v) is 23.3. The van der Waals surface area contributed by atoms with E-state index in [-0.39, 0.29) is 49.3 Å². The van der Waals surface area contributed by atoms with Gasteiger partial charge in [-0.15, -0.1) is 0 Å². The van der Waals surface area contributed by atoms with E-state index >= 15 is 4.39 Å². The van der Waals surface area contributed by atoms with E-state index in [1.165, 1.54) is 35.2 Å². The Hall–Kier alpha value is -4.58. The third-order valence-electron chi connectivity index (χ3n) is 8.29. The number of carbonyl (C=O) groups is 2. The van der Waals surface area contributed by atoms with Crippen LogP contribution in [0.25, 0.3) is 27.9 Å². The van der Waals surface area contributed by atoms with Crippen LogP contribution in [-0.4, -0.2) is 66.1 Å². The van der Waals surface area contributed by atoms with E-state index in [0.29, 0.717) is 29.6 Å². The van der Waals surface area contributed by atoms with Crippen molar-refractivity contribution in [2.45, 2.75) is 44.3 Å². The third-order valence-corrected chi connectivity index (χ3v) is 8.29. The second kappa shape index (κ2) is 10.9. The van der Waals surface area contributed by atoms with Crippen molar-refractivity contribution < 1.29 is 27.9 Å². The van der Waals surface area contributed by atoms with Crippen molar-refractivity contribution in [1.82, 2.24) is 24.2 Å². The lowest BCUT2D eigenvalue weighted by Crippen LogP contribution is -2.50. The number of nitrogens with zero attached hydrogens (tertiary/aromatic N) is 5. The Kier molecular flexibility index (Phi) is 7.25. The number of ketones is 1. The predicted octanol–water partition coefficient (Wildman–Crippen LogP) is 3.93. The van der Waals surface area contributed by atoms with E-state index in [1.54, 1.807) is 23.9 Å². The molecule has 43 heavy (non-hydrogen) atoms. The summed E-state index contributed by atoms with van der Waals surface area (Å²) < 4.78 is 45.2. The number of likely N-dealkylation sites (tertiary alicyclic amines) is 1. The van der Waals surface area contributed by atoms with Gasteiger partial charge in [0.2, 0.25) is 0 Å². The zero-order valence-electron chi connectivity index (χ0n) is 23.3. The Bertz CT molecular complexity index is 1840. The van der Waals surface area contributed by atoms with Gasteiger partial charge in [0, 0.05) is 37.7 Å². The molecule has 1 fully saturated rings. The molecule has 9 nitrogen and oxygen atoms in total. The molecule has 1 saturated heterocycles. The number of Topliss-reactive ketones (excluding diaryl/α,β-unsaturated/α-hetero) is 1. The predicted molar refractivity (Wildman–Crippen MR) is 152 cm³/mol. The van der Waals surface area contributed by atoms with Crippen LogP contribution in [0.3, 0.4) is 0 Å². The molecule has 222 valence electrons. The highest BCUT2D eigenvalue weighted by molar-refractivity contribution is 6.01. The number of aromatic nitrogens is 4. The molecule has 0 bridgehead atoms. The fraction of sp³-hybridized carbons (Fsp3) is 0.323. The van der Waals surface area contributed by atoms with Gasteiger partial charge in [-0.2, -0.15) is 5.10 Å². The van der Waals surface area contributed by atoms with Crippen LogP contribution >= 0.6 is 0 Å². The van der Waals surface area contributed by atoms with Gasteiger partial charge in [0.1, 0.15) is 5.52 Å². The molecule has 0 atom stereocenters. The summed E-state index contributed by atoms with van der Waals surface area (Å²) in [4.78, 5) is 43.8. The summed E-state index contributed by atoms with van der Waals surface area (Å²) in [5.41, 5.74) is 0.608. The first kappa shape index (κ1) is 28.5. The minimum Gasteiger partial charge on any atom is -0.388 e. The lowest BCUT2D eigenvalue weighted by Gasteiger charge is -2.38. The Labute approximate surface area is 243 Å². The molecule has 2 aromatic heterocycles. The summed E-state index contributed by atoms with van der Waals surface area (Å²) in [5.74, 6) is -2.59. The first-order valence-electron chi connectivity index (χ1n) is 13.9. The quantitative estimate of drug-likeness (QED) is 0.341. The molecule has 0 radical (unpaired) electrons. The monoisotopic (exact) mass is 591 g/mol. The SMILES string of the molecule is Cn1nc2c(=O)n(CC3(O)CCN(C(=O)C(F)=C(c4ccccc4)C(F)F)CC3)cnc2c1-c1ccc2c(c1)CCC2=O. The molecule has 1 aliphatic heterocycles. The van der Waals surface area contributed by atoms with Gasteiger partial charge in [-0.1, -0.05) is 42.5 Å². The highest BCUT2D eigenvalue weighted by Gasteiger charge is 2.37. The maximum atomic E-state index is 15.0. The van der Waals surface area contributed by atoms with Gasteiger partial charge in [0.25, 0.3) is 17.9 Å². The summed E-state index contributed by atoms with van der Waals surface area (Å²) in [5, 5.41) is 15.7. The van der Waals surface area contributed by atoms with Crippen LogP contribution in [0.2, 0.25) is 0 Å². The fourth-order valence-electron chi connectivity index (χ4n) is 5.96. The molecular formula is C31H28F3N5O4. The minimum absolute atomic E-state index is 0.00679. The zero-order chi connectivity index (χ0) is 30.5. The van der Waals surface area contributed by atoms with Crippen LogP contribution in [0, 0.1) is 0 Å². The average molecular weight is 592 g/mol. The number of amides is 1. The van der Waals surface area contributed by atoms with Gasteiger partial charge in [0.05, 0.1) is 29.7 Å². The van der Waals surface area contributed by atoms with Crippen LogP contribution in [0.1, 0.15) is 40.7 Å². The molecule has 3 heterocycles. The van der Waals surface area contributed by atoms with Gasteiger partial charge in [-0.3, -0.25) is 23.6 Å². The smallest absolute Gasteiger partial charge is 0.283 e. The number of alkyl halides is 2. The standard InChI is InChI=1S/C31H28F3N5O4/c1-37-27(20-7-9-21-19(15-20)8-10-22(21)40)25-26(36-37)30(42)39(17-35-25)16-31(43)11-13-38(14-12-31)29(41)24(32)23(28(33)34)18-5-3-2-4-6-18/h2-7,9,15,17,28,43H,8,10-14,16H2,1H3. The number of piperidine rings is 1. The normalized spacial score (nSPS) is 17.0. The van der Waals surface area contributed by atoms with Gasteiger partial charge in [0.15, 0.2) is 17.1 Å². The minimum atomic E-state index is -3.19. The van der Waals surface area contributed by atoms with Crippen LogP contribution in [0.5, 0.6) is 0 Å². The highest BCUT2D eigenvalue weighted by atomic mass is 19.3. The lowest BCUT2D eigenvalue weighted by atomic mass is 9.91. The molecule has 1 aliphatic carbocycles.